The van der Waals surface area contributed by atoms with Crippen LogP contribution in [0.1, 0.15) is 92.8 Å². The van der Waals surface area contributed by atoms with Gasteiger partial charge in [0.1, 0.15) is 11.2 Å². The average Bonchev–Trinajstić information content (AvgIpc) is 0.701. The Morgan fingerprint density at radius 2 is 1.03 bits per heavy atom. The number of hydrogen-bond acceptors (Lipinski definition) is 5. The molecule has 4 heterocycles. The van der Waals surface area contributed by atoms with Gasteiger partial charge in [0.05, 0.1) is 34.0 Å². The fourth-order valence-electron chi connectivity index (χ4n) is 18.8. The number of benzene rings is 13. The van der Waals surface area contributed by atoms with Gasteiger partial charge in [0.2, 0.25) is 5.95 Å². The van der Waals surface area contributed by atoms with E-state index < -0.39 is 5.41 Å². The summed E-state index contributed by atoms with van der Waals surface area (Å²) < 4.78 is 7.38. The molecule has 4 bridgehead atoms. The van der Waals surface area contributed by atoms with Gasteiger partial charge in [-0.1, -0.05) is 224 Å². The number of aromatic nitrogens is 2. The minimum absolute atomic E-state index is 0.309. The molecule has 92 heavy (non-hydrogen) atoms. The van der Waals surface area contributed by atoms with Crippen LogP contribution in [-0.2, 0) is 22.7 Å². The molecule has 4 unspecified atom stereocenters. The van der Waals surface area contributed by atoms with Crippen molar-refractivity contribution in [2.24, 2.45) is 0 Å². The molecule has 0 saturated heterocycles. The SMILES string of the molecule is c1ccc(-c2cccc(N3c4ccc(-c5ccccc5)cc4C45CCC(Cc6ccc7c(c6)oc6cc8c(cc67)C67CCC(c9ccccc96)c6cccc(c67)N8c6nc(-c7ccccc7)c7c(ccc8ccccc87)n6)(c6ccccc64)c4cccc3c45)c2)cc1. The second-order valence-corrected chi connectivity index (χ2v) is 26.6. The van der Waals surface area contributed by atoms with Gasteiger partial charge >= 0.3 is 0 Å². The van der Waals surface area contributed by atoms with E-state index in [1.54, 1.807) is 0 Å². The summed E-state index contributed by atoms with van der Waals surface area (Å²) in [4.78, 5) is 16.3. The number of hydrogen-bond donors (Lipinski definition) is 0. The van der Waals surface area contributed by atoms with E-state index in [9.17, 15) is 0 Å². The molecule has 0 radical (unpaired) electrons. The molecule has 432 valence electrons. The lowest BCUT2D eigenvalue weighted by atomic mass is 9.45. The molecular weight excluding hydrogens is 1120 g/mol. The summed E-state index contributed by atoms with van der Waals surface area (Å²) in [6.45, 7) is 0. The second kappa shape index (κ2) is 18.5. The molecule has 8 aliphatic rings. The van der Waals surface area contributed by atoms with E-state index in [2.05, 4.69) is 295 Å². The third-order valence-corrected chi connectivity index (χ3v) is 22.5. The molecule has 2 aliphatic heterocycles. The highest BCUT2D eigenvalue weighted by Crippen LogP contribution is 2.70. The van der Waals surface area contributed by atoms with Crippen molar-refractivity contribution >= 4 is 78.0 Å². The van der Waals surface area contributed by atoms with Crippen LogP contribution in [0.3, 0.4) is 0 Å². The number of furan rings is 1. The zero-order chi connectivity index (χ0) is 60.0. The smallest absolute Gasteiger partial charge is 0.235 e. The minimum Gasteiger partial charge on any atom is -0.456 e. The van der Waals surface area contributed by atoms with E-state index in [1.165, 1.54) is 100 Å². The topological polar surface area (TPSA) is 45.4 Å². The van der Waals surface area contributed by atoms with Crippen LogP contribution < -0.4 is 9.80 Å². The maximum Gasteiger partial charge on any atom is 0.235 e. The largest absolute Gasteiger partial charge is 0.456 e. The van der Waals surface area contributed by atoms with Gasteiger partial charge in [-0.15, -0.1) is 0 Å². The van der Waals surface area contributed by atoms with Gasteiger partial charge in [-0.05, 0) is 181 Å². The monoisotopic (exact) mass is 1170 g/mol. The highest BCUT2D eigenvalue weighted by molar-refractivity contribution is 6.13. The predicted molar refractivity (Wildman–Crippen MR) is 374 cm³/mol. The van der Waals surface area contributed by atoms with Gasteiger partial charge in [-0.2, -0.15) is 0 Å². The van der Waals surface area contributed by atoms with Gasteiger partial charge in [-0.25, -0.2) is 9.97 Å². The van der Waals surface area contributed by atoms with Gasteiger partial charge in [0.25, 0.3) is 0 Å². The van der Waals surface area contributed by atoms with Crippen LogP contribution >= 0.6 is 0 Å². The van der Waals surface area contributed by atoms with Crippen molar-refractivity contribution in [3.05, 3.63) is 346 Å². The molecular formula is C87H58N4O. The molecule has 0 N–H and O–H groups in total. The molecule has 5 heteroatoms. The summed E-state index contributed by atoms with van der Waals surface area (Å²) in [7, 11) is 0. The minimum atomic E-state index is -0.390. The maximum absolute atomic E-state index is 7.38. The molecule has 23 rings (SSSR count). The third kappa shape index (κ3) is 6.61. The first-order valence-electron chi connectivity index (χ1n) is 32.7. The molecule has 2 aromatic heterocycles. The first-order chi connectivity index (χ1) is 45.5. The standard InChI is InChI=1S/C87H58N4O/c1-4-19-54(20-5-1)58-26-16-27-60(48-58)90-74-42-39-59(55-21-6-2-7-22-55)49-71(74)87-46-45-85(68-32-14-15-33-69(68)87,70-34-18-36-76(90)82(70)87)52-53-37-40-64-66-50-72-77(51-79(66)92-78(64)47-53)91(75-35-17-30-65-62-43-44-86(72,81(65)75)67-31-13-12-29-63(62)67)84-88-73-41-38-56-23-10-11-28-61(56)80(73)83(89-84)57-24-8-3-9-25-57/h1-42,47-51,62H,43-46,52H2. The van der Waals surface area contributed by atoms with Gasteiger partial charge in [0.15, 0.2) is 0 Å². The highest BCUT2D eigenvalue weighted by Gasteiger charge is 2.60. The van der Waals surface area contributed by atoms with Crippen molar-refractivity contribution in [1.82, 2.24) is 9.97 Å². The summed E-state index contributed by atoms with van der Waals surface area (Å²) in [5.41, 5.74) is 29.6. The van der Waals surface area contributed by atoms with Crippen molar-refractivity contribution in [3.8, 4) is 33.5 Å². The average molecular weight is 1180 g/mol. The Morgan fingerprint density at radius 1 is 0.380 bits per heavy atom. The third-order valence-electron chi connectivity index (χ3n) is 22.5. The zero-order valence-electron chi connectivity index (χ0n) is 50.4. The van der Waals surface area contributed by atoms with Crippen LogP contribution in [0.15, 0.2) is 290 Å². The fraction of sp³-hybridized carbons (Fsp3) is 0.103. The molecule has 0 amide bonds. The van der Waals surface area contributed by atoms with E-state index in [-0.39, 0.29) is 10.8 Å². The molecule has 13 aromatic carbocycles. The Labute approximate surface area is 533 Å². The Balaban J connectivity index is 0.753. The van der Waals surface area contributed by atoms with Crippen molar-refractivity contribution in [2.45, 2.75) is 54.3 Å². The summed E-state index contributed by atoms with van der Waals surface area (Å²) in [5, 5.41) is 5.63. The zero-order valence-corrected chi connectivity index (χ0v) is 50.4. The lowest BCUT2D eigenvalue weighted by Gasteiger charge is -2.59. The first kappa shape index (κ1) is 50.7. The molecule has 0 saturated carbocycles. The van der Waals surface area contributed by atoms with Crippen molar-refractivity contribution in [1.29, 1.82) is 0 Å². The van der Waals surface area contributed by atoms with Crippen molar-refractivity contribution in [3.63, 3.8) is 0 Å². The van der Waals surface area contributed by atoms with Gasteiger partial charge in [-0.3, -0.25) is 4.90 Å². The van der Waals surface area contributed by atoms with Crippen LogP contribution in [-0.4, -0.2) is 9.97 Å². The van der Waals surface area contributed by atoms with Crippen molar-refractivity contribution in [2.75, 3.05) is 9.80 Å². The Morgan fingerprint density at radius 3 is 1.87 bits per heavy atom. The number of nitrogens with zero attached hydrogens (tertiary/aromatic N) is 4. The van der Waals surface area contributed by atoms with Gasteiger partial charge in [0, 0.05) is 55.6 Å². The quantitative estimate of drug-likeness (QED) is 0.149. The Hall–Kier alpha value is -11.1. The van der Waals surface area contributed by atoms with Crippen LogP contribution in [0.25, 0.3) is 77.1 Å². The normalized spacial score (nSPS) is 19.8. The molecule has 5 nitrogen and oxygen atoms in total. The van der Waals surface area contributed by atoms with E-state index in [0.717, 1.165) is 98.7 Å². The first-order valence-corrected chi connectivity index (χ1v) is 32.7. The number of fused-ring (bicyclic) bond motifs is 10. The summed E-state index contributed by atoms with van der Waals surface area (Å²) in [6, 6.07) is 107. The van der Waals surface area contributed by atoms with Crippen molar-refractivity contribution < 1.29 is 4.42 Å². The van der Waals surface area contributed by atoms with E-state index in [0.29, 0.717) is 11.9 Å². The molecule has 0 fully saturated rings. The predicted octanol–water partition coefficient (Wildman–Crippen LogP) is 21.8. The highest BCUT2D eigenvalue weighted by atomic mass is 16.3. The summed E-state index contributed by atoms with van der Waals surface area (Å²) >= 11 is 0. The summed E-state index contributed by atoms with van der Waals surface area (Å²) in [6.07, 6.45) is 4.91. The van der Waals surface area contributed by atoms with Crippen LogP contribution in [0, 0.1) is 0 Å². The maximum atomic E-state index is 7.38. The molecule has 2 spiro atoms. The van der Waals surface area contributed by atoms with Crippen LogP contribution in [0.5, 0.6) is 0 Å². The molecule has 4 atom stereocenters. The summed E-state index contributed by atoms with van der Waals surface area (Å²) in [5.74, 6) is 0.961. The Kier molecular flexibility index (Phi) is 10.2. The number of rotatable bonds is 7. The van der Waals surface area contributed by atoms with Crippen LogP contribution in [0.4, 0.5) is 34.4 Å². The fourth-order valence-corrected chi connectivity index (χ4v) is 18.8. The van der Waals surface area contributed by atoms with Gasteiger partial charge < -0.3 is 9.32 Å². The molecule has 6 aliphatic carbocycles. The Bertz CT molecular complexity index is 5680. The van der Waals surface area contributed by atoms with E-state index in [1.807, 2.05) is 0 Å². The lowest BCUT2D eigenvalue weighted by molar-refractivity contribution is 0.320. The van der Waals surface area contributed by atoms with Crippen LogP contribution in [0.2, 0.25) is 0 Å². The molecule has 15 aromatic rings. The second-order valence-electron chi connectivity index (χ2n) is 26.6. The number of anilines is 6. The van der Waals surface area contributed by atoms with E-state index >= 15 is 0 Å². The van der Waals surface area contributed by atoms with E-state index in [4.69, 9.17) is 14.4 Å². The lowest BCUT2D eigenvalue weighted by Crippen LogP contribution is -2.52.